The lowest BCUT2D eigenvalue weighted by molar-refractivity contribution is 0.0693. The third-order valence-electron chi connectivity index (χ3n) is 3.93. The molecule has 0 saturated heterocycles. The van der Waals surface area contributed by atoms with Crippen molar-refractivity contribution >= 4 is 48.5 Å². The average Bonchev–Trinajstić information content (AvgIpc) is 2.66. The molecule has 0 aliphatic carbocycles. The molecule has 0 bridgehead atoms. The van der Waals surface area contributed by atoms with Crippen molar-refractivity contribution in [3.05, 3.63) is 42.1 Å². The normalized spacial score (nSPS) is 12.5. The number of carboxylic acid groups (broad SMARTS) is 1. The Labute approximate surface area is 173 Å². The first-order chi connectivity index (χ1) is 14.3. The Bertz CT molecular complexity index is 1480. The Morgan fingerprint density at radius 3 is 2.19 bits per heavy atom. The van der Waals surface area contributed by atoms with Crippen molar-refractivity contribution < 1.29 is 46.1 Å². The fraction of sp³-hybridized carbons (Fsp3) is 0. The molecular weight excluding hydrogens is 458 g/mol. The van der Waals surface area contributed by atoms with Crippen molar-refractivity contribution in [2.24, 2.45) is 10.2 Å². The van der Waals surface area contributed by atoms with Crippen molar-refractivity contribution in [3.8, 4) is 11.5 Å². The number of fused-ring (bicyclic) bond motifs is 1. The number of carboxylic acids is 1. The van der Waals surface area contributed by atoms with Crippen LogP contribution in [0.25, 0.3) is 10.9 Å². The van der Waals surface area contributed by atoms with Gasteiger partial charge in [0.2, 0.25) is 0 Å². The molecule has 0 radical (unpaired) electrons. The zero-order valence-electron chi connectivity index (χ0n) is 14.9. The number of azo groups is 1. The molecule has 13 nitrogen and oxygen atoms in total. The summed E-state index contributed by atoms with van der Waals surface area (Å²) in [6.07, 6.45) is 1.27. The molecule has 1 heterocycles. The maximum absolute atomic E-state index is 11.7. The summed E-state index contributed by atoms with van der Waals surface area (Å²) in [5.41, 5.74) is -2.69. The van der Waals surface area contributed by atoms with Crippen LogP contribution < -0.4 is 0 Å². The lowest BCUT2D eigenvalue weighted by atomic mass is 10.1. The summed E-state index contributed by atoms with van der Waals surface area (Å²) >= 11 is 0. The molecule has 0 saturated carbocycles. The van der Waals surface area contributed by atoms with Gasteiger partial charge in [0, 0.05) is 11.6 Å². The summed E-state index contributed by atoms with van der Waals surface area (Å²) in [6.45, 7) is 0. The number of rotatable bonds is 5. The van der Waals surface area contributed by atoms with Gasteiger partial charge in [-0.2, -0.15) is 16.8 Å². The quantitative estimate of drug-likeness (QED) is 0.269. The first-order valence-electron chi connectivity index (χ1n) is 7.88. The van der Waals surface area contributed by atoms with Gasteiger partial charge in [0.15, 0.2) is 17.2 Å². The first-order valence-corrected chi connectivity index (χ1v) is 10.8. The minimum atomic E-state index is -4.95. The lowest BCUT2D eigenvalue weighted by Crippen LogP contribution is -2.03. The van der Waals surface area contributed by atoms with Crippen molar-refractivity contribution in [2.75, 3.05) is 0 Å². The summed E-state index contributed by atoms with van der Waals surface area (Å²) in [5.74, 6) is -3.65. The fourth-order valence-corrected chi connectivity index (χ4v) is 3.73. The summed E-state index contributed by atoms with van der Waals surface area (Å²) in [4.78, 5) is 13.3. The first kappa shape index (κ1) is 22.0. The van der Waals surface area contributed by atoms with E-state index in [0.717, 1.165) is 6.07 Å². The van der Waals surface area contributed by atoms with E-state index in [1.165, 1.54) is 18.3 Å². The van der Waals surface area contributed by atoms with Crippen LogP contribution in [0.1, 0.15) is 10.4 Å². The number of hydrogen-bond donors (Lipinski definition) is 5. The van der Waals surface area contributed by atoms with E-state index in [-0.39, 0.29) is 10.9 Å². The number of benzene rings is 2. The van der Waals surface area contributed by atoms with Gasteiger partial charge in [-0.25, -0.2) is 4.79 Å². The second-order valence-electron chi connectivity index (χ2n) is 5.94. The summed E-state index contributed by atoms with van der Waals surface area (Å²) in [7, 11) is -9.87. The van der Waals surface area contributed by atoms with Crippen LogP contribution in [0.15, 0.2) is 56.5 Å². The largest absolute Gasteiger partial charge is 0.505 e. The molecule has 0 atom stereocenters. The molecule has 3 aromatic rings. The molecule has 0 unspecified atom stereocenters. The van der Waals surface area contributed by atoms with Gasteiger partial charge >= 0.3 is 5.97 Å². The fourth-order valence-electron chi connectivity index (χ4n) is 2.55. The van der Waals surface area contributed by atoms with E-state index < -0.39 is 64.4 Å². The average molecular weight is 469 g/mol. The molecular formula is C16H11N3O10S2. The number of pyridine rings is 1. The lowest BCUT2D eigenvalue weighted by Gasteiger charge is -2.08. The highest BCUT2D eigenvalue weighted by molar-refractivity contribution is 7.86. The van der Waals surface area contributed by atoms with Crippen molar-refractivity contribution in [3.63, 3.8) is 0 Å². The molecule has 31 heavy (non-hydrogen) atoms. The zero-order chi connectivity index (χ0) is 23.1. The Kier molecular flexibility index (Phi) is 5.36. The van der Waals surface area contributed by atoms with Gasteiger partial charge in [-0.1, -0.05) is 6.07 Å². The van der Waals surface area contributed by atoms with E-state index in [4.69, 9.17) is 5.11 Å². The number of aromatic carboxylic acids is 1. The Hall–Kier alpha value is -3.66. The van der Waals surface area contributed by atoms with E-state index >= 15 is 0 Å². The minimum absolute atomic E-state index is 0.119. The molecule has 2 aromatic carbocycles. The van der Waals surface area contributed by atoms with Gasteiger partial charge in [0.05, 0.1) is 4.90 Å². The second kappa shape index (κ2) is 7.55. The Morgan fingerprint density at radius 2 is 1.61 bits per heavy atom. The van der Waals surface area contributed by atoms with E-state index in [2.05, 4.69) is 15.2 Å². The summed E-state index contributed by atoms with van der Waals surface area (Å²) in [5, 5.41) is 36.5. The van der Waals surface area contributed by atoms with E-state index in [0.29, 0.717) is 12.1 Å². The number of nitrogens with zero attached hydrogens (tertiary/aromatic N) is 3. The highest BCUT2D eigenvalue weighted by Crippen LogP contribution is 2.41. The van der Waals surface area contributed by atoms with Crippen LogP contribution in [0.3, 0.4) is 0 Å². The van der Waals surface area contributed by atoms with Gasteiger partial charge in [-0.3, -0.25) is 14.1 Å². The molecule has 1 aromatic heterocycles. The van der Waals surface area contributed by atoms with Crippen LogP contribution in [-0.4, -0.2) is 52.2 Å². The summed E-state index contributed by atoms with van der Waals surface area (Å²) in [6, 6.07) is 4.78. The van der Waals surface area contributed by atoms with Crippen molar-refractivity contribution in [1.82, 2.24) is 4.98 Å². The standard InChI is InChI=1S/C16H11N3O10S2/c20-14-9(16(22)23)5-8(30(24,25)26)6-10(14)18-19-13-11(31(27,28)29)4-7-2-1-3-17-12(7)15(13)21/h1-6,20-21H,(H,22,23)(H,24,25,26)(H,27,28,29). The maximum Gasteiger partial charge on any atom is 0.339 e. The monoisotopic (exact) mass is 469 g/mol. The van der Waals surface area contributed by atoms with Crippen LogP contribution in [0, 0.1) is 0 Å². The third-order valence-corrected chi connectivity index (χ3v) is 5.63. The van der Waals surface area contributed by atoms with E-state index in [1.54, 1.807) is 0 Å². The molecule has 0 amide bonds. The van der Waals surface area contributed by atoms with Crippen molar-refractivity contribution in [1.29, 1.82) is 0 Å². The Balaban J connectivity index is 2.31. The third kappa shape index (κ3) is 4.29. The maximum atomic E-state index is 11.7. The number of phenols is 2. The number of aromatic hydroxyl groups is 2. The smallest absolute Gasteiger partial charge is 0.339 e. The predicted octanol–water partition coefficient (Wildman–Crippen LogP) is 2.25. The molecule has 0 fully saturated rings. The molecule has 3 rings (SSSR count). The van der Waals surface area contributed by atoms with E-state index in [9.17, 15) is 40.9 Å². The van der Waals surface area contributed by atoms with Crippen LogP contribution in [0.4, 0.5) is 11.4 Å². The van der Waals surface area contributed by atoms with Gasteiger partial charge < -0.3 is 15.3 Å². The predicted molar refractivity (Wildman–Crippen MR) is 102 cm³/mol. The minimum Gasteiger partial charge on any atom is -0.505 e. The van der Waals surface area contributed by atoms with Gasteiger partial charge in [0.1, 0.15) is 21.7 Å². The van der Waals surface area contributed by atoms with Crippen molar-refractivity contribution in [2.45, 2.75) is 9.79 Å². The number of hydrogen-bond acceptors (Lipinski definition) is 10. The molecule has 0 aliphatic rings. The molecule has 0 spiro atoms. The molecule has 0 aliphatic heterocycles. The van der Waals surface area contributed by atoms with Crippen LogP contribution >= 0.6 is 0 Å². The Morgan fingerprint density at radius 1 is 0.935 bits per heavy atom. The zero-order valence-corrected chi connectivity index (χ0v) is 16.5. The second-order valence-corrected chi connectivity index (χ2v) is 8.75. The number of aromatic nitrogens is 1. The van der Waals surface area contributed by atoms with Gasteiger partial charge in [-0.15, -0.1) is 10.2 Å². The van der Waals surface area contributed by atoms with Crippen LogP contribution in [0.2, 0.25) is 0 Å². The molecule has 162 valence electrons. The SMILES string of the molecule is O=C(O)c1cc(S(=O)(=O)O)cc(N=Nc2c(S(=O)(=O)O)cc3cccnc3c2O)c1O. The summed E-state index contributed by atoms with van der Waals surface area (Å²) < 4.78 is 64.9. The van der Waals surface area contributed by atoms with Crippen LogP contribution in [-0.2, 0) is 20.2 Å². The van der Waals surface area contributed by atoms with Gasteiger partial charge in [-0.05, 0) is 24.3 Å². The highest BCUT2D eigenvalue weighted by Gasteiger charge is 2.24. The van der Waals surface area contributed by atoms with Crippen LogP contribution in [0.5, 0.6) is 11.5 Å². The molecule has 5 N–H and O–H groups in total. The van der Waals surface area contributed by atoms with Gasteiger partial charge in [0.25, 0.3) is 20.2 Å². The highest BCUT2D eigenvalue weighted by atomic mass is 32.2. The number of carbonyl (C=O) groups is 1. The topological polar surface area (TPSA) is 224 Å². The number of phenolic OH excluding ortho intramolecular Hbond substituents is 1. The van der Waals surface area contributed by atoms with E-state index in [1.807, 2.05) is 0 Å². The molecule has 15 heteroatoms.